The highest BCUT2D eigenvalue weighted by Crippen LogP contribution is 2.58. The summed E-state index contributed by atoms with van der Waals surface area (Å²) in [4.78, 5) is 30.7. The van der Waals surface area contributed by atoms with E-state index in [-0.39, 0.29) is 23.7 Å². The van der Waals surface area contributed by atoms with Crippen molar-refractivity contribution in [3.8, 4) is 0 Å². The van der Waals surface area contributed by atoms with Gasteiger partial charge in [0, 0.05) is 49.1 Å². The predicted molar refractivity (Wildman–Crippen MR) is 166 cm³/mol. The van der Waals surface area contributed by atoms with E-state index in [1.165, 1.54) is 0 Å². The van der Waals surface area contributed by atoms with Crippen molar-refractivity contribution in [1.82, 2.24) is 15.0 Å². The monoisotopic (exact) mass is 599 g/mol. The van der Waals surface area contributed by atoms with E-state index in [2.05, 4.69) is 16.9 Å². The zero-order valence-electron chi connectivity index (χ0n) is 25.6. The Balaban J connectivity index is 1.32. The van der Waals surface area contributed by atoms with Crippen molar-refractivity contribution in [3.63, 3.8) is 0 Å². The van der Waals surface area contributed by atoms with Gasteiger partial charge in [0.2, 0.25) is 5.91 Å². The van der Waals surface area contributed by atoms with Crippen LogP contribution in [0.2, 0.25) is 0 Å². The second-order valence-electron chi connectivity index (χ2n) is 12.8. The lowest BCUT2D eigenvalue weighted by Crippen LogP contribution is -2.46. The summed E-state index contributed by atoms with van der Waals surface area (Å²) in [6.07, 6.45) is 4.79. The molecule has 0 aliphatic carbocycles. The van der Waals surface area contributed by atoms with Crippen molar-refractivity contribution in [2.45, 2.75) is 76.4 Å². The number of rotatable bonds is 9. The van der Waals surface area contributed by atoms with Gasteiger partial charge in [-0.25, -0.2) is 0 Å². The molecule has 0 bridgehead atoms. The minimum Gasteiger partial charge on any atom is -0.390 e. The number of carbonyl (C=O) groups excluding carboxylic acids is 2. The molecule has 2 aromatic carbocycles. The number of aryl methyl sites for hydroxylation is 1. The molecule has 2 amide bonds. The minimum atomic E-state index is -1.33. The molecule has 3 aliphatic heterocycles. The number of hydrogen-bond acceptors (Lipinski definition) is 7. The van der Waals surface area contributed by atoms with Crippen LogP contribution < -0.4 is 9.80 Å². The number of amides is 2. The Morgan fingerprint density at radius 2 is 1.95 bits per heavy atom. The molecule has 6 rings (SSSR count). The largest absolute Gasteiger partial charge is 0.390 e. The smallest absolute Gasteiger partial charge is 0.264 e. The highest BCUT2D eigenvalue weighted by Gasteiger charge is 2.65. The van der Waals surface area contributed by atoms with Crippen molar-refractivity contribution in [2.75, 3.05) is 22.9 Å². The standard InChI is InChI=1S/C34H41N5O5/c1-5-17-39-27-15-14-24(38-18-10-9-13-29(38)40)20-25(27)34(32(39)42)22(2)30(33(3,4)43)28(44-34)16-19-37-21-26(35-36-37)31(41)23-11-7-6-8-12-23/h5-8,11-12,14-15,20-22,28,30-31,41,43H,1,9-10,13,16-19H2,2-4H3/t22-,28+,30-,31+,34+/m0/s1. The highest BCUT2D eigenvalue weighted by molar-refractivity contribution is 6.08. The van der Waals surface area contributed by atoms with Crippen LogP contribution >= 0.6 is 0 Å². The molecule has 0 unspecified atom stereocenters. The first-order valence-electron chi connectivity index (χ1n) is 15.5. The summed E-state index contributed by atoms with van der Waals surface area (Å²) in [7, 11) is 0. The average molecular weight is 600 g/mol. The zero-order valence-corrected chi connectivity index (χ0v) is 25.6. The first-order chi connectivity index (χ1) is 21.1. The quantitative estimate of drug-likeness (QED) is 0.355. The van der Waals surface area contributed by atoms with E-state index < -0.39 is 23.4 Å². The molecule has 2 N–H and O–H groups in total. The summed E-state index contributed by atoms with van der Waals surface area (Å²) >= 11 is 0. The van der Waals surface area contributed by atoms with Gasteiger partial charge in [0.05, 0.1) is 23.6 Å². The van der Waals surface area contributed by atoms with Gasteiger partial charge in [0.1, 0.15) is 11.8 Å². The fourth-order valence-electron chi connectivity index (χ4n) is 7.51. The van der Waals surface area contributed by atoms with E-state index in [0.29, 0.717) is 38.2 Å². The molecular formula is C34H41N5O5. The Bertz CT molecular complexity index is 1550. The zero-order chi connectivity index (χ0) is 31.2. The van der Waals surface area contributed by atoms with E-state index >= 15 is 0 Å². The molecule has 1 spiro atoms. The summed E-state index contributed by atoms with van der Waals surface area (Å²) < 4.78 is 8.55. The summed E-state index contributed by atoms with van der Waals surface area (Å²) in [6.45, 7) is 10.7. The number of aliphatic hydroxyl groups is 2. The Morgan fingerprint density at radius 3 is 2.66 bits per heavy atom. The Kier molecular flexibility index (Phi) is 7.94. The summed E-state index contributed by atoms with van der Waals surface area (Å²) in [6, 6.07) is 15.0. The molecule has 5 atom stereocenters. The first kappa shape index (κ1) is 30.2. The van der Waals surface area contributed by atoms with Crippen LogP contribution in [-0.4, -0.2) is 61.8 Å². The van der Waals surface area contributed by atoms with Crippen molar-refractivity contribution < 1.29 is 24.5 Å². The maximum absolute atomic E-state index is 14.4. The van der Waals surface area contributed by atoms with Crippen LogP contribution in [0.1, 0.15) is 69.4 Å². The number of piperidine rings is 1. The maximum Gasteiger partial charge on any atom is 0.264 e. The third-order valence-corrected chi connectivity index (χ3v) is 9.51. The molecule has 2 saturated heterocycles. The van der Waals surface area contributed by atoms with Crippen LogP contribution in [0.3, 0.4) is 0 Å². The number of carbonyl (C=O) groups is 2. The maximum atomic E-state index is 14.4. The van der Waals surface area contributed by atoms with Gasteiger partial charge in [-0.3, -0.25) is 14.3 Å². The molecule has 44 heavy (non-hydrogen) atoms. The molecule has 3 aromatic rings. The molecule has 1 aromatic heterocycles. The summed E-state index contributed by atoms with van der Waals surface area (Å²) in [5.74, 6) is -0.879. The van der Waals surface area contributed by atoms with Gasteiger partial charge in [-0.2, -0.15) is 0 Å². The van der Waals surface area contributed by atoms with Crippen LogP contribution in [0.4, 0.5) is 11.4 Å². The third kappa shape index (κ3) is 5.04. The molecule has 10 nitrogen and oxygen atoms in total. The normalized spacial score (nSPS) is 26.0. The van der Waals surface area contributed by atoms with Gasteiger partial charge in [-0.05, 0) is 56.9 Å². The molecule has 10 heteroatoms. The molecule has 3 aliphatic rings. The molecule has 232 valence electrons. The van der Waals surface area contributed by atoms with Gasteiger partial charge >= 0.3 is 0 Å². The third-order valence-electron chi connectivity index (χ3n) is 9.51. The average Bonchev–Trinajstić information content (AvgIpc) is 3.67. The number of ether oxygens (including phenoxy) is 1. The van der Waals surface area contributed by atoms with E-state index in [4.69, 9.17) is 4.74 Å². The Labute approximate surface area is 257 Å². The van der Waals surface area contributed by atoms with Gasteiger partial charge in [-0.15, -0.1) is 11.7 Å². The van der Waals surface area contributed by atoms with E-state index in [9.17, 15) is 19.8 Å². The fraction of sp³-hybridized carbons (Fsp3) is 0.471. The van der Waals surface area contributed by atoms with Gasteiger partial charge in [-0.1, -0.05) is 48.5 Å². The molecule has 4 heterocycles. The number of benzene rings is 2. The van der Waals surface area contributed by atoms with Crippen LogP contribution in [-0.2, 0) is 26.5 Å². The molecule has 0 radical (unpaired) electrons. The number of hydrogen-bond donors (Lipinski definition) is 2. The predicted octanol–water partition coefficient (Wildman–Crippen LogP) is 4.12. The second-order valence-corrected chi connectivity index (χ2v) is 12.8. The second kappa shape index (κ2) is 11.6. The lowest BCUT2D eigenvalue weighted by atomic mass is 9.70. The first-order valence-corrected chi connectivity index (χ1v) is 15.5. The van der Waals surface area contributed by atoms with E-state index in [1.807, 2.05) is 55.5 Å². The summed E-state index contributed by atoms with van der Waals surface area (Å²) in [5, 5.41) is 30.7. The van der Waals surface area contributed by atoms with Crippen molar-refractivity contribution in [2.24, 2.45) is 11.8 Å². The van der Waals surface area contributed by atoms with E-state index in [0.717, 1.165) is 35.3 Å². The summed E-state index contributed by atoms with van der Waals surface area (Å²) in [5.41, 5.74) is 0.889. The van der Waals surface area contributed by atoms with Crippen molar-refractivity contribution >= 4 is 23.2 Å². The van der Waals surface area contributed by atoms with Crippen LogP contribution in [0.15, 0.2) is 67.4 Å². The number of anilines is 2. The van der Waals surface area contributed by atoms with Gasteiger partial charge in [0.15, 0.2) is 5.60 Å². The minimum absolute atomic E-state index is 0.0785. The van der Waals surface area contributed by atoms with Crippen molar-refractivity contribution in [1.29, 1.82) is 0 Å². The van der Waals surface area contributed by atoms with Crippen LogP contribution in [0.25, 0.3) is 0 Å². The number of nitrogens with zero attached hydrogens (tertiary/aromatic N) is 5. The Hall–Kier alpha value is -3.86. The lowest BCUT2D eigenvalue weighted by molar-refractivity contribution is -0.146. The number of aromatic nitrogens is 3. The highest BCUT2D eigenvalue weighted by atomic mass is 16.5. The van der Waals surface area contributed by atoms with Crippen LogP contribution in [0.5, 0.6) is 0 Å². The molecular weight excluding hydrogens is 558 g/mol. The van der Waals surface area contributed by atoms with Crippen LogP contribution in [0, 0.1) is 11.8 Å². The number of fused-ring (bicyclic) bond motifs is 2. The molecule has 2 fully saturated rings. The van der Waals surface area contributed by atoms with Crippen molar-refractivity contribution in [3.05, 3.63) is 84.2 Å². The Morgan fingerprint density at radius 1 is 1.18 bits per heavy atom. The van der Waals surface area contributed by atoms with Gasteiger partial charge in [0.25, 0.3) is 5.91 Å². The topological polar surface area (TPSA) is 121 Å². The number of aliphatic hydroxyl groups excluding tert-OH is 1. The fourth-order valence-corrected chi connectivity index (χ4v) is 7.51. The molecule has 0 saturated carbocycles. The SMILES string of the molecule is C=CCN1C(=O)[C@]2(O[C@H](CCn3cc([C@H](O)c4ccccc4)nn3)[C@@H](C(C)(C)O)[C@@H]2C)c2cc(N3CCCCC3=O)ccc21. The lowest BCUT2D eigenvalue weighted by Gasteiger charge is -2.34. The van der Waals surface area contributed by atoms with E-state index in [1.54, 1.807) is 40.6 Å². The van der Waals surface area contributed by atoms with Gasteiger partial charge < -0.3 is 24.7 Å².